The zero-order chi connectivity index (χ0) is 13.1. The van der Waals surface area contributed by atoms with E-state index in [1.807, 2.05) is 7.05 Å². The van der Waals surface area contributed by atoms with Crippen molar-refractivity contribution in [1.82, 2.24) is 5.32 Å². The SMILES string of the molecule is CNC(C)c1ccc(N2CC(C)OCC2C)cc1. The fourth-order valence-corrected chi connectivity index (χ4v) is 2.38. The first-order chi connectivity index (χ1) is 8.61. The molecule has 0 saturated carbocycles. The Hall–Kier alpha value is -1.06. The lowest BCUT2D eigenvalue weighted by Gasteiger charge is -2.38. The van der Waals surface area contributed by atoms with Crippen LogP contribution in [0.2, 0.25) is 0 Å². The van der Waals surface area contributed by atoms with Crippen LogP contribution in [-0.2, 0) is 4.74 Å². The fourth-order valence-electron chi connectivity index (χ4n) is 2.38. The maximum Gasteiger partial charge on any atom is 0.0723 e. The monoisotopic (exact) mass is 248 g/mol. The van der Waals surface area contributed by atoms with Crippen molar-refractivity contribution in [1.29, 1.82) is 0 Å². The van der Waals surface area contributed by atoms with Gasteiger partial charge >= 0.3 is 0 Å². The van der Waals surface area contributed by atoms with Crippen LogP contribution in [-0.4, -0.2) is 32.3 Å². The summed E-state index contributed by atoms with van der Waals surface area (Å²) >= 11 is 0. The molecule has 0 radical (unpaired) electrons. The Balaban J connectivity index is 2.13. The van der Waals surface area contributed by atoms with Crippen molar-refractivity contribution in [2.45, 2.75) is 39.0 Å². The molecular weight excluding hydrogens is 224 g/mol. The molecule has 1 fully saturated rings. The maximum atomic E-state index is 5.67. The van der Waals surface area contributed by atoms with E-state index in [0.29, 0.717) is 18.2 Å². The summed E-state index contributed by atoms with van der Waals surface area (Å²) in [5.74, 6) is 0. The maximum absolute atomic E-state index is 5.67. The Labute approximate surface area is 110 Å². The second-order valence-corrected chi connectivity index (χ2v) is 5.25. The number of hydrogen-bond donors (Lipinski definition) is 1. The molecule has 3 atom stereocenters. The Kier molecular flexibility index (Phi) is 4.25. The molecule has 0 aliphatic carbocycles. The lowest BCUT2D eigenvalue weighted by molar-refractivity contribution is 0.0344. The average Bonchev–Trinajstić information content (AvgIpc) is 2.41. The number of ether oxygens (including phenoxy) is 1. The van der Waals surface area contributed by atoms with Gasteiger partial charge in [-0.15, -0.1) is 0 Å². The molecule has 1 heterocycles. The van der Waals surface area contributed by atoms with Gasteiger partial charge in [0.25, 0.3) is 0 Å². The largest absolute Gasteiger partial charge is 0.375 e. The van der Waals surface area contributed by atoms with E-state index in [9.17, 15) is 0 Å². The van der Waals surface area contributed by atoms with E-state index in [4.69, 9.17) is 4.74 Å². The van der Waals surface area contributed by atoms with Crippen LogP contribution in [0.3, 0.4) is 0 Å². The first kappa shape index (κ1) is 13.4. The van der Waals surface area contributed by atoms with Crippen molar-refractivity contribution in [3.8, 4) is 0 Å². The minimum atomic E-state index is 0.317. The van der Waals surface area contributed by atoms with Crippen molar-refractivity contribution >= 4 is 5.69 Å². The van der Waals surface area contributed by atoms with E-state index < -0.39 is 0 Å². The summed E-state index contributed by atoms with van der Waals surface area (Å²) in [6.45, 7) is 8.32. The molecule has 1 saturated heterocycles. The molecule has 1 N–H and O–H groups in total. The van der Waals surface area contributed by atoms with E-state index in [1.165, 1.54) is 11.3 Å². The van der Waals surface area contributed by atoms with Crippen LogP contribution < -0.4 is 10.2 Å². The molecule has 0 spiro atoms. The topological polar surface area (TPSA) is 24.5 Å². The normalized spacial score (nSPS) is 26.1. The van der Waals surface area contributed by atoms with E-state index in [-0.39, 0.29) is 0 Å². The molecule has 100 valence electrons. The summed E-state index contributed by atoms with van der Waals surface area (Å²) < 4.78 is 5.67. The van der Waals surface area contributed by atoms with Crippen LogP contribution in [0, 0.1) is 0 Å². The Morgan fingerprint density at radius 1 is 1.28 bits per heavy atom. The standard InChI is InChI=1S/C15H24N2O/c1-11-10-18-12(2)9-17(11)15-7-5-14(6-8-15)13(3)16-4/h5-8,11-13,16H,9-10H2,1-4H3. The molecule has 0 bridgehead atoms. The number of morpholine rings is 1. The third-order valence-electron chi connectivity index (χ3n) is 3.77. The van der Waals surface area contributed by atoms with Crippen molar-refractivity contribution in [2.24, 2.45) is 0 Å². The van der Waals surface area contributed by atoms with Crippen LogP contribution in [0.1, 0.15) is 32.4 Å². The Bertz CT molecular complexity index is 377. The van der Waals surface area contributed by atoms with Crippen LogP contribution in [0.15, 0.2) is 24.3 Å². The van der Waals surface area contributed by atoms with Gasteiger partial charge in [-0.3, -0.25) is 0 Å². The Morgan fingerprint density at radius 3 is 2.56 bits per heavy atom. The van der Waals surface area contributed by atoms with Gasteiger partial charge in [-0.2, -0.15) is 0 Å². The summed E-state index contributed by atoms with van der Waals surface area (Å²) in [5, 5.41) is 3.26. The third kappa shape index (κ3) is 2.85. The van der Waals surface area contributed by atoms with E-state index >= 15 is 0 Å². The number of nitrogens with one attached hydrogen (secondary N) is 1. The molecule has 2 rings (SSSR count). The predicted octanol–water partition coefficient (Wildman–Crippen LogP) is 2.58. The third-order valence-corrected chi connectivity index (χ3v) is 3.77. The van der Waals surface area contributed by atoms with Gasteiger partial charge in [0.15, 0.2) is 0 Å². The summed E-state index contributed by atoms with van der Waals surface area (Å²) in [6.07, 6.45) is 0.317. The number of nitrogens with zero attached hydrogens (tertiary/aromatic N) is 1. The molecule has 3 nitrogen and oxygen atoms in total. The van der Waals surface area contributed by atoms with Crippen molar-refractivity contribution < 1.29 is 4.74 Å². The minimum absolute atomic E-state index is 0.317. The summed E-state index contributed by atoms with van der Waals surface area (Å²) in [5.41, 5.74) is 2.62. The molecule has 0 amide bonds. The molecule has 1 aliphatic heterocycles. The van der Waals surface area contributed by atoms with Gasteiger partial charge in [-0.05, 0) is 45.5 Å². The minimum Gasteiger partial charge on any atom is -0.375 e. The number of hydrogen-bond acceptors (Lipinski definition) is 3. The molecule has 3 unspecified atom stereocenters. The second kappa shape index (κ2) is 5.72. The smallest absolute Gasteiger partial charge is 0.0723 e. The summed E-state index contributed by atoms with van der Waals surface area (Å²) in [7, 11) is 1.99. The summed E-state index contributed by atoms with van der Waals surface area (Å²) in [4.78, 5) is 2.43. The first-order valence-electron chi connectivity index (χ1n) is 6.77. The van der Waals surface area contributed by atoms with Crippen LogP contribution in [0.25, 0.3) is 0 Å². The number of anilines is 1. The van der Waals surface area contributed by atoms with Crippen molar-refractivity contribution in [2.75, 3.05) is 25.1 Å². The highest BCUT2D eigenvalue weighted by Gasteiger charge is 2.23. The number of benzene rings is 1. The van der Waals surface area contributed by atoms with Crippen LogP contribution >= 0.6 is 0 Å². The van der Waals surface area contributed by atoms with Gasteiger partial charge in [0.05, 0.1) is 12.7 Å². The van der Waals surface area contributed by atoms with Crippen LogP contribution in [0.4, 0.5) is 5.69 Å². The second-order valence-electron chi connectivity index (χ2n) is 5.25. The lowest BCUT2D eigenvalue weighted by atomic mass is 10.1. The highest BCUT2D eigenvalue weighted by molar-refractivity contribution is 5.49. The van der Waals surface area contributed by atoms with Crippen LogP contribution in [0.5, 0.6) is 0 Å². The average molecular weight is 248 g/mol. The molecule has 1 aromatic carbocycles. The zero-order valence-electron chi connectivity index (χ0n) is 11.8. The lowest BCUT2D eigenvalue weighted by Crippen LogP contribution is -2.47. The van der Waals surface area contributed by atoms with Gasteiger partial charge in [0, 0.05) is 24.3 Å². The molecule has 3 heteroatoms. The fraction of sp³-hybridized carbons (Fsp3) is 0.600. The van der Waals surface area contributed by atoms with Crippen molar-refractivity contribution in [3.05, 3.63) is 29.8 Å². The Morgan fingerprint density at radius 2 is 1.94 bits per heavy atom. The predicted molar refractivity (Wildman–Crippen MR) is 76.1 cm³/mol. The van der Waals surface area contributed by atoms with E-state index in [0.717, 1.165) is 13.2 Å². The first-order valence-corrected chi connectivity index (χ1v) is 6.77. The van der Waals surface area contributed by atoms with Gasteiger partial charge in [-0.25, -0.2) is 0 Å². The quantitative estimate of drug-likeness (QED) is 0.890. The van der Waals surface area contributed by atoms with E-state index in [1.54, 1.807) is 0 Å². The number of rotatable bonds is 3. The molecule has 18 heavy (non-hydrogen) atoms. The van der Waals surface area contributed by atoms with E-state index in [2.05, 4.69) is 55.3 Å². The molecule has 1 aliphatic rings. The zero-order valence-corrected chi connectivity index (χ0v) is 11.8. The highest BCUT2D eigenvalue weighted by Crippen LogP contribution is 2.23. The summed E-state index contributed by atoms with van der Waals surface area (Å²) in [6, 6.07) is 9.72. The van der Waals surface area contributed by atoms with Gasteiger partial charge in [-0.1, -0.05) is 12.1 Å². The van der Waals surface area contributed by atoms with Gasteiger partial charge < -0.3 is 15.0 Å². The molecule has 1 aromatic rings. The van der Waals surface area contributed by atoms with Crippen molar-refractivity contribution in [3.63, 3.8) is 0 Å². The molecular formula is C15H24N2O. The van der Waals surface area contributed by atoms with Gasteiger partial charge in [0.2, 0.25) is 0 Å². The molecule has 0 aromatic heterocycles. The highest BCUT2D eigenvalue weighted by atomic mass is 16.5. The van der Waals surface area contributed by atoms with Gasteiger partial charge in [0.1, 0.15) is 0 Å².